The van der Waals surface area contributed by atoms with Gasteiger partial charge in [0, 0.05) is 6.07 Å². The van der Waals surface area contributed by atoms with E-state index in [1.807, 2.05) is 0 Å². The third-order valence-electron chi connectivity index (χ3n) is 2.63. The fourth-order valence-corrected chi connectivity index (χ4v) is 1.68. The number of ether oxygens (including phenoxy) is 2. The average molecular weight is 280 g/mol. The number of para-hydroxylation sites is 2. The first-order valence-corrected chi connectivity index (χ1v) is 5.84. The molecular formula is C14H14F2N2O2. The molecule has 0 unspecified atom stereocenters. The lowest BCUT2D eigenvalue weighted by Crippen LogP contribution is -2.05. The molecule has 0 spiro atoms. The first kappa shape index (κ1) is 13.9. The molecule has 2 rings (SSSR count). The number of methoxy groups -OCH3 is 1. The summed E-state index contributed by atoms with van der Waals surface area (Å²) < 4.78 is 34.2. The van der Waals surface area contributed by atoms with E-state index in [0.717, 1.165) is 0 Å². The maximum atomic E-state index is 12.3. The molecule has 0 bridgehead atoms. The number of hydrogen-bond acceptors (Lipinski definition) is 4. The Labute approximate surface area is 115 Å². The summed E-state index contributed by atoms with van der Waals surface area (Å²) in [7, 11) is 1.53. The number of alkyl halides is 2. The molecule has 0 aliphatic carbocycles. The van der Waals surface area contributed by atoms with Crippen molar-refractivity contribution in [2.75, 3.05) is 18.2 Å². The van der Waals surface area contributed by atoms with Crippen LogP contribution in [0.4, 0.5) is 25.8 Å². The highest BCUT2D eigenvalue weighted by atomic mass is 19.3. The van der Waals surface area contributed by atoms with Crippen LogP contribution in [-0.4, -0.2) is 13.7 Å². The summed E-state index contributed by atoms with van der Waals surface area (Å²) >= 11 is 0. The van der Waals surface area contributed by atoms with E-state index in [-0.39, 0.29) is 5.75 Å². The molecule has 4 nitrogen and oxygen atoms in total. The zero-order chi connectivity index (χ0) is 14.5. The quantitative estimate of drug-likeness (QED) is 0.821. The minimum Gasteiger partial charge on any atom is -0.497 e. The first-order chi connectivity index (χ1) is 9.60. The molecule has 2 aromatic carbocycles. The Hall–Kier alpha value is -2.50. The van der Waals surface area contributed by atoms with Crippen molar-refractivity contribution < 1.29 is 18.3 Å². The molecule has 0 aliphatic rings. The van der Waals surface area contributed by atoms with Crippen LogP contribution in [0.3, 0.4) is 0 Å². The van der Waals surface area contributed by atoms with Gasteiger partial charge in [0.15, 0.2) is 0 Å². The van der Waals surface area contributed by atoms with E-state index in [4.69, 9.17) is 10.5 Å². The van der Waals surface area contributed by atoms with Crippen LogP contribution in [-0.2, 0) is 0 Å². The van der Waals surface area contributed by atoms with E-state index in [2.05, 4.69) is 10.1 Å². The van der Waals surface area contributed by atoms with Gasteiger partial charge < -0.3 is 20.5 Å². The molecule has 0 aliphatic heterocycles. The maximum Gasteiger partial charge on any atom is 0.387 e. The Morgan fingerprint density at radius 1 is 1.10 bits per heavy atom. The second-order valence-corrected chi connectivity index (χ2v) is 3.95. The van der Waals surface area contributed by atoms with Crippen molar-refractivity contribution in [2.45, 2.75) is 6.61 Å². The summed E-state index contributed by atoms with van der Waals surface area (Å²) in [6.45, 7) is -2.89. The molecule has 0 atom stereocenters. The Balaban J connectivity index is 2.30. The zero-order valence-corrected chi connectivity index (χ0v) is 10.8. The van der Waals surface area contributed by atoms with Gasteiger partial charge in [0.25, 0.3) is 0 Å². The highest BCUT2D eigenvalue weighted by Gasteiger charge is 2.10. The van der Waals surface area contributed by atoms with Gasteiger partial charge >= 0.3 is 6.61 Å². The largest absolute Gasteiger partial charge is 0.497 e. The summed E-state index contributed by atoms with van der Waals surface area (Å²) in [5.74, 6) is 0.652. The third kappa shape index (κ3) is 3.28. The summed E-state index contributed by atoms with van der Waals surface area (Å²) in [6.07, 6.45) is 0. The fraction of sp³-hybridized carbons (Fsp3) is 0.143. The van der Waals surface area contributed by atoms with Crippen LogP contribution < -0.4 is 20.5 Å². The number of nitrogen functional groups attached to an aromatic ring is 1. The van der Waals surface area contributed by atoms with Gasteiger partial charge in [-0.15, -0.1) is 0 Å². The van der Waals surface area contributed by atoms with Crippen LogP contribution in [0.15, 0.2) is 42.5 Å². The molecule has 0 fully saturated rings. The lowest BCUT2D eigenvalue weighted by atomic mass is 10.2. The Bertz CT molecular complexity index is 591. The van der Waals surface area contributed by atoms with Gasteiger partial charge in [-0.25, -0.2) is 0 Å². The fourth-order valence-electron chi connectivity index (χ4n) is 1.68. The number of anilines is 3. The molecule has 0 heterocycles. The standard InChI is InChI=1S/C14H14F2N2O2/c1-19-9-6-7-10(17)12(8-9)18-11-4-2-3-5-13(11)20-14(15)16/h2-8,14,18H,17H2,1H3. The summed E-state index contributed by atoms with van der Waals surface area (Å²) in [4.78, 5) is 0. The smallest absolute Gasteiger partial charge is 0.387 e. The summed E-state index contributed by atoms with van der Waals surface area (Å²) in [5, 5.41) is 2.96. The van der Waals surface area contributed by atoms with Crippen molar-refractivity contribution in [3.63, 3.8) is 0 Å². The van der Waals surface area contributed by atoms with Crippen molar-refractivity contribution in [1.82, 2.24) is 0 Å². The Morgan fingerprint density at radius 3 is 2.55 bits per heavy atom. The van der Waals surface area contributed by atoms with Crippen molar-refractivity contribution >= 4 is 17.1 Å². The molecule has 0 saturated carbocycles. The number of nitrogens with one attached hydrogen (secondary N) is 1. The number of benzene rings is 2. The third-order valence-corrected chi connectivity index (χ3v) is 2.63. The molecule has 6 heteroatoms. The van der Waals surface area contributed by atoms with Crippen LogP contribution in [0.5, 0.6) is 11.5 Å². The van der Waals surface area contributed by atoms with E-state index >= 15 is 0 Å². The first-order valence-electron chi connectivity index (χ1n) is 5.84. The minimum absolute atomic E-state index is 0.0460. The second-order valence-electron chi connectivity index (χ2n) is 3.95. The lowest BCUT2D eigenvalue weighted by Gasteiger charge is -2.14. The normalized spacial score (nSPS) is 10.4. The van der Waals surface area contributed by atoms with Crippen molar-refractivity contribution in [3.8, 4) is 11.5 Å². The summed E-state index contributed by atoms with van der Waals surface area (Å²) in [5.41, 5.74) is 7.25. The van der Waals surface area contributed by atoms with Gasteiger partial charge in [0.05, 0.1) is 24.2 Å². The van der Waals surface area contributed by atoms with Gasteiger partial charge in [-0.1, -0.05) is 12.1 Å². The number of halogens is 2. The van der Waals surface area contributed by atoms with E-state index < -0.39 is 6.61 Å². The Kier molecular flexibility index (Phi) is 4.24. The predicted octanol–water partition coefficient (Wildman–Crippen LogP) is 3.62. The zero-order valence-electron chi connectivity index (χ0n) is 10.8. The number of rotatable bonds is 5. The second kappa shape index (κ2) is 6.10. The molecule has 0 radical (unpaired) electrons. The van der Waals surface area contributed by atoms with Crippen molar-refractivity contribution in [2.24, 2.45) is 0 Å². The van der Waals surface area contributed by atoms with Gasteiger partial charge in [0.2, 0.25) is 0 Å². The highest BCUT2D eigenvalue weighted by molar-refractivity contribution is 5.76. The predicted molar refractivity (Wildman–Crippen MR) is 73.8 cm³/mol. The average Bonchev–Trinajstić information content (AvgIpc) is 2.43. The van der Waals surface area contributed by atoms with E-state index in [9.17, 15) is 8.78 Å². The van der Waals surface area contributed by atoms with Gasteiger partial charge in [-0.3, -0.25) is 0 Å². The molecule has 0 saturated heterocycles. The monoisotopic (exact) mass is 280 g/mol. The van der Waals surface area contributed by atoms with Crippen LogP contribution in [0.1, 0.15) is 0 Å². The molecule has 20 heavy (non-hydrogen) atoms. The van der Waals surface area contributed by atoms with Gasteiger partial charge in [-0.2, -0.15) is 8.78 Å². The van der Waals surface area contributed by atoms with Crippen LogP contribution in [0.25, 0.3) is 0 Å². The Morgan fingerprint density at radius 2 is 1.85 bits per heavy atom. The molecule has 106 valence electrons. The highest BCUT2D eigenvalue weighted by Crippen LogP contribution is 2.32. The van der Waals surface area contributed by atoms with E-state index in [0.29, 0.717) is 22.8 Å². The van der Waals surface area contributed by atoms with Gasteiger partial charge in [0.1, 0.15) is 11.5 Å². The van der Waals surface area contributed by atoms with Crippen LogP contribution >= 0.6 is 0 Å². The van der Waals surface area contributed by atoms with Crippen molar-refractivity contribution in [3.05, 3.63) is 42.5 Å². The lowest BCUT2D eigenvalue weighted by molar-refractivity contribution is -0.0493. The minimum atomic E-state index is -2.89. The molecule has 3 N–H and O–H groups in total. The SMILES string of the molecule is COc1ccc(N)c(Nc2ccccc2OC(F)F)c1. The summed E-state index contributed by atoms with van der Waals surface area (Å²) in [6, 6.07) is 11.4. The number of nitrogens with two attached hydrogens (primary N) is 1. The molecule has 0 amide bonds. The van der Waals surface area contributed by atoms with Gasteiger partial charge in [-0.05, 0) is 24.3 Å². The van der Waals surface area contributed by atoms with Crippen LogP contribution in [0, 0.1) is 0 Å². The molecular weight excluding hydrogens is 266 g/mol. The van der Waals surface area contributed by atoms with E-state index in [1.165, 1.54) is 13.2 Å². The van der Waals surface area contributed by atoms with Crippen molar-refractivity contribution in [1.29, 1.82) is 0 Å². The van der Waals surface area contributed by atoms with E-state index in [1.54, 1.807) is 36.4 Å². The number of hydrogen-bond donors (Lipinski definition) is 2. The molecule has 2 aromatic rings. The van der Waals surface area contributed by atoms with Crippen LogP contribution in [0.2, 0.25) is 0 Å². The molecule has 0 aromatic heterocycles. The maximum absolute atomic E-state index is 12.3. The topological polar surface area (TPSA) is 56.5 Å².